The van der Waals surface area contributed by atoms with Crippen LogP contribution in [-0.4, -0.2) is 44.1 Å². The summed E-state index contributed by atoms with van der Waals surface area (Å²) in [5.41, 5.74) is 1.10. The van der Waals surface area contributed by atoms with E-state index >= 15 is 0 Å². The third kappa shape index (κ3) is 5.06. The van der Waals surface area contributed by atoms with Crippen molar-refractivity contribution in [3.8, 4) is 5.75 Å². The molecule has 1 N–H and O–H groups in total. The number of ether oxygens (including phenoxy) is 1. The summed E-state index contributed by atoms with van der Waals surface area (Å²) in [6.45, 7) is 4.41. The normalized spacial score (nSPS) is 15.5. The minimum Gasteiger partial charge on any atom is -0.494 e. The van der Waals surface area contributed by atoms with Crippen molar-refractivity contribution >= 4 is 27.4 Å². The Kier molecular flexibility index (Phi) is 6.89. The van der Waals surface area contributed by atoms with E-state index in [0.717, 1.165) is 0 Å². The first-order chi connectivity index (χ1) is 14.3. The van der Waals surface area contributed by atoms with E-state index in [1.165, 1.54) is 11.2 Å². The van der Waals surface area contributed by atoms with Crippen molar-refractivity contribution in [3.05, 3.63) is 54.1 Å². The highest BCUT2D eigenvalue weighted by molar-refractivity contribution is 7.89. The fourth-order valence-corrected chi connectivity index (χ4v) is 4.91. The first kappa shape index (κ1) is 22.0. The Morgan fingerprint density at radius 1 is 1.10 bits per heavy atom. The number of carbonyl (C=O) groups excluding carboxylic acids is 2. The monoisotopic (exact) mass is 430 g/mol. The van der Waals surface area contributed by atoms with Gasteiger partial charge in [-0.2, -0.15) is 4.31 Å². The number of benzene rings is 2. The van der Waals surface area contributed by atoms with Gasteiger partial charge in [0.15, 0.2) is 5.78 Å². The third-order valence-corrected chi connectivity index (χ3v) is 7.05. The third-order valence-electron chi connectivity index (χ3n) is 5.13. The maximum absolute atomic E-state index is 12.9. The van der Waals surface area contributed by atoms with Gasteiger partial charge in [-0.25, -0.2) is 8.42 Å². The zero-order valence-electron chi connectivity index (χ0n) is 17.1. The molecule has 8 heteroatoms. The maximum atomic E-state index is 12.9. The smallest absolute Gasteiger partial charge is 0.243 e. The second kappa shape index (κ2) is 9.40. The van der Waals surface area contributed by atoms with Crippen LogP contribution in [0.1, 0.15) is 37.0 Å². The minimum atomic E-state index is -3.61. The zero-order valence-corrected chi connectivity index (χ0v) is 17.9. The number of rotatable bonds is 7. The maximum Gasteiger partial charge on any atom is 0.243 e. The number of nitrogens with one attached hydrogen (secondary N) is 1. The Balaban J connectivity index is 1.60. The summed E-state index contributed by atoms with van der Waals surface area (Å²) < 4.78 is 32.5. The number of amides is 1. The fraction of sp³-hybridized carbons (Fsp3) is 0.364. The summed E-state index contributed by atoms with van der Waals surface area (Å²) in [5.74, 6) is 0.117. The molecule has 7 nitrogen and oxygen atoms in total. The summed E-state index contributed by atoms with van der Waals surface area (Å²) in [6, 6.07) is 13.2. The number of Topliss-reactive ketones (excluding diaryl/α,β-unsaturated/α-hetero) is 1. The summed E-state index contributed by atoms with van der Waals surface area (Å²) in [5, 5.41) is 2.84. The molecule has 1 aliphatic heterocycles. The van der Waals surface area contributed by atoms with Crippen LogP contribution in [0.5, 0.6) is 5.75 Å². The van der Waals surface area contributed by atoms with Gasteiger partial charge in [0, 0.05) is 30.3 Å². The van der Waals surface area contributed by atoms with Gasteiger partial charge in [-0.15, -0.1) is 0 Å². The number of sulfonamides is 1. The molecule has 2 aromatic carbocycles. The van der Waals surface area contributed by atoms with Crippen LogP contribution in [-0.2, 0) is 14.8 Å². The molecule has 0 atom stereocenters. The molecule has 1 heterocycles. The molecule has 0 radical (unpaired) electrons. The quantitative estimate of drug-likeness (QED) is 0.680. The van der Waals surface area contributed by atoms with Crippen LogP contribution >= 0.6 is 0 Å². The molecule has 1 aliphatic rings. The molecule has 3 rings (SSSR count). The van der Waals surface area contributed by atoms with Crippen LogP contribution in [0.3, 0.4) is 0 Å². The molecule has 0 aromatic heterocycles. The molecular weight excluding hydrogens is 404 g/mol. The van der Waals surface area contributed by atoms with Crippen LogP contribution < -0.4 is 10.1 Å². The predicted octanol–water partition coefficient (Wildman–Crippen LogP) is 3.33. The van der Waals surface area contributed by atoms with Gasteiger partial charge in [0.25, 0.3) is 0 Å². The highest BCUT2D eigenvalue weighted by atomic mass is 32.2. The number of piperidine rings is 1. The SMILES string of the molecule is CCOc1ccc(S(=O)(=O)N2CCC(C(=O)Nc3cccc(C(C)=O)c3)CC2)cc1. The number of nitrogens with zero attached hydrogens (tertiary/aromatic N) is 1. The molecule has 2 aromatic rings. The summed E-state index contributed by atoms with van der Waals surface area (Å²) >= 11 is 0. The fourth-order valence-electron chi connectivity index (χ4n) is 3.44. The van der Waals surface area contributed by atoms with E-state index < -0.39 is 10.0 Å². The van der Waals surface area contributed by atoms with E-state index in [2.05, 4.69) is 5.32 Å². The Bertz CT molecular complexity index is 1010. The van der Waals surface area contributed by atoms with Gasteiger partial charge in [0.2, 0.25) is 15.9 Å². The Labute approximate surface area is 177 Å². The van der Waals surface area contributed by atoms with E-state index in [1.54, 1.807) is 48.5 Å². The highest BCUT2D eigenvalue weighted by Crippen LogP contribution is 2.26. The van der Waals surface area contributed by atoms with Crippen LogP contribution in [0, 0.1) is 5.92 Å². The van der Waals surface area contributed by atoms with E-state index in [-0.39, 0.29) is 35.6 Å². The standard InChI is InChI=1S/C22H26N2O5S/c1-3-29-20-7-9-21(10-8-20)30(27,28)24-13-11-17(12-14-24)22(26)23-19-6-4-5-18(15-19)16(2)25/h4-10,15,17H,3,11-14H2,1-2H3,(H,23,26). The van der Waals surface area contributed by atoms with Gasteiger partial charge in [0.05, 0.1) is 11.5 Å². The van der Waals surface area contributed by atoms with Crippen molar-refractivity contribution in [2.45, 2.75) is 31.6 Å². The molecule has 0 saturated carbocycles. The number of hydrogen-bond acceptors (Lipinski definition) is 5. The Morgan fingerprint density at radius 3 is 2.37 bits per heavy atom. The topological polar surface area (TPSA) is 92.8 Å². The number of hydrogen-bond donors (Lipinski definition) is 1. The molecule has 0 aliphatic carbocycles. The van der Waals surface area contributed by atoms with Gasteiger partial charge in [-0.3, -0.25) is 9.59 Å². The van der Waals surface area contributed by atoms with Crippen molar-refractivity contribution in [2.75, 3.05) is 25.0 Å². The zero-order chi connectivity index (χ0) is 21.7. The minimum absolute atomic E-state index is 0.0705. The van der Waals surface area contributed by atoms with Gasteiger partial charge in [-0.05, 0) is 63.1 Å². The first-order valence-corrected chi connectivity index (χ1v) is 11.4. The molecule has 0 unspecified atom stereocenters. The van der Waals surface area contributed by atoms with Gasteiger partial charge in [0.1, 0.15) is 5.75 Å². The second-order valence-corrected chi connectivity index (χ2v) is 9.15. The molecule has 0 bridgehead atoms. The molecule has 30 heavy (non-hydrogen) atoms. The van der Waals surface area contributed by atoms with Crippen molar-refractivity contribution in [1.29, 1.82) is 0 Å². The second-order valence-electron chi connectivity index (χ2n) is 7.21. The summed E-state index contributed by atoms with van der Waals surface area (Å²) in [7, 11) is -3.61. The number of anilines is 1. The van der Waals surface area contributed by atoms with Crippen LogP contribution in [0.25, 0.3) is 0 Å². The average Bonchev–Trinajstić information content (AvgIpc) is 2.74. The molecule has 1 amide bonds. The predicted molar refractivity (Wildman–Crippen MR) is 114 cm³/mol. The van der Waals surface area contributed by atoms with Gasteiger partial charge < -0.3 is 10.1 Å². The van der Waals surface area contributed by atoms with Crippen LogP contribution in [0.15, 0.2) is 53.4 Å². The lowest BCUT2D eigenvalue weighted by atomic mass is 9.97. The molecule has 0 spiro atoms. The molecule has 1 fully saturated rings. The van der Waals surface area contributed by atoms with Crippen molar-refractivity contribution in [3.63, 3.8) is 0 Å². The molecule has 160 valence electrons. The largest absolute Gasteiger partial charge is 0.494 e. The summed E-state index contributed by atoms with van der Waals surface area (Å²) in [4.78, 5) is 24.3. The number of ketones is 1. The number of carbonyl (C=O) groups is 2. The van der Waals surface area contributed by atoms with E-state index in [0.29, 0.717) is 36.4 Å². The molecular formula is C22H26N2O5S. The Hall–Kier alpha value is -2.71. The van der Waals surface area contributed by atoms with E-state index in [4.69, 9.17) is 4.74 Å². The Morgan fingerprint density at radius 2 is 1.77 bits per heavy atom. The average molecular weight is 431 g/mol. The van der Waals surface area contributed by atoms with Crippen LogP contribution in [0.4, 0.5) is 5.69 Å². The van der Waals surface area contributed by atoms with Crippen molar-refractivity contribution < 1.29 is 22.7 Å². The van der Waals surface area contributed by atoms with Crippen LogP contribution in [0.2, 0.25) is 0 Å². The lowest BCUT2D eigenvalue weighted by molar-refractivity contribution is -0.120. The van der Waals surface area contributed by atoms with Gasteiger partial charge >= 0.3 is 0 Å². The van der Waals surface area contributed by atoms with Gasteiger partial charge in [-0.1, -0.05) is 12.1 Å². The lowest BCUT2D eigenvalue weighted by Gasteiger charge is -2.30. The lowest BCUT2D eigenvalue weighted by Crippen LogP contribution is -2.41. The highest BCUT2D eigenvalue weighted by Gasteiger charge is 2.32. The first-order valence-electron chi connectivity index (χ1n) is 9.96. The summed E-state index contributed by atoms with van der Waals surface area (Å²) in [6.07, 6.45) is 0.878. The van der Waals surface area contributed by atoms with E-state index in [9.17, 15) is 18.0 Å². The van der Waals surface area contributed by atoms with Crippen molar-refractivity contribution in [1.82, 2.24) is 4.31 Å². The molecule has 1 saturated heterocycles. The van der Waals surface area contributed by atoms with E-state index in [1.807, 2.05) is 6.92 Å². The van der Waals surface area contributed by atoms with Crippen molar-refractivity contribution in [2.24, 2.45) is 5.92 Å².